The molecule has 0 bridgehead atoms. The molecule has 2 N–H and O–H groups in total. The van der Waals surface area contributed by atoms with Crippen LogP contribution in [-0.4, -0.2) is 41.0 Å². The van der Waals surface area contributed by atoms with Crippen molar-refractivity contribution >= 4 is 19.8 Å². The lowest BCUT2D eigenvalue weighted by Crippen LogP contribution is -2.29. The topological polar surface area (TPSA) is 119 Å². The number of phosphoric ester groups is 1. The molecule has 0 spiro atoms. The van der Waals surface area contributed by atoms with Crippen LogP contribution >= 0.6 is 7.82 Å². The van der Waals surface area contributed by atoms with E-state index in [0.717, 1.165) is 57.8 Å². The van der Waals surface area contributed by atoms with E-state index in [-0.39, 0.29) is 19.4 Å². The van der Waals surface area contributed by atoms with Crippen LogP contribution in [0.25, 0.3) is 0 Å². The first-order valence-electron chi connectivity index (χ1n) is 19.0. The van der Waals surface area contributed by atoms with Gasteiger partial charge < -0.3 is 19.3 Å². The Labute approximate surface area is 282 Å². The molecule has 272 valence electrons. The van der Waals surface area contributed by atoms with Gasteiger partial charge in [0, 0.05) is 12.8 Å². The Morgan fingerprint density at radius 2 is 0.913 bits per heavy atom. The summed E-state index contributed by atoms with van der Waals surface area (Å²) in [7, 11) is -4.74. The smallest absolute Gasteiger partial charge is 0.462 e. The van der Waals surface area contributed by atoms with E-state index in [9.17, 15) is 14.2 Å². The first-order valence-corrected chi connectivity index (χ1v) is 20.5. The predicted molar refractivity (Wildman–Crippen MR) is 189 cm³/mol. The van der Waals surface area contributed by atoms with Crippen molar-refractivity contribution in [1.29, 1.82) is 0 Å². The van der Waals surface area contributed by atoms with Gasteiger partial charge in [-0.3, -0.25) is 14.1 Å². The quantitative estimate of drug-likeness (QED) is 0.0295. The fourth-order valence-corrected chi connectivity index (χ4v) is 5.79. The zero-order valence-electron chi connectivity index (χ0n) is 29.7. The van der Waals surface area contributed by atoms with Crippen LogP contribution in [0.2, 0.25) is 0 Å². The van der Waals surface area contributed by atoms with E-state index in [1.165, 1.54) is 103 Å². The van der Waals surface area contributed by atoms with Crippen LogP contribution in [0.3, 0.4) is 0 Å². The van der Waals surface area contributed by atoms with Gasteiger partial charge in [0.25, 0.3) is 0 Å². The number of hydrogen-bond acceptors (Lipinski definition) is 6. The number of carbonyl (C=O) groups excluding carboxylic acids is 2. The maximum absolute atomic E-state index is 12.3. The summed E-state index contributed by atoms with van der Waals surface area (Å²) in [5.41, 5.74) is 0. The number of hydrogen-bond donors (Lipinski definition) is 2. The molecule has 0 unspecified atom stereocenters. The van der Waals surface area contributed by atoms with Crippen molar-refractivity contribution in [3.8, 4) is 0 Å². The summed E-state index contributed by atoms with van der Waals surface area (Å²) >= 11 is 0. The van der Waals surface area contributed by atoms with E-state index in [4.69, 9.17) is 19.3 Å². The molecule has 46 heavy (non-hydrogen) atoms. The van der Waals surface area contributed by atoms with Gasteiger partial charge in [0.05, 0.1) is 6.61 Å². The van der Waals surface area contributed by atoms with Crippen LogP contribution < -0.4 is 0 Å². The molecule has 0 aromatic rings. The number of phosphoric acid groups is 1. The maximum Gasteiger partial charge on any atom is 0.469 e. The average molecular weight is 675 g/mol. The van der Waals surface area contributed by atoms with Gasteiger partial charge in [0.2, 0.25) is 0 Å². The Balaban J connectivity index is 3.95. The highest BCUT2D eigenvalue weighted by Gasteiger charge is 2.22. The third-order valence-electron chi connectivity index (χ3n) is 8.28. The summed E-state index contributed by atoms with van der Waals surface area (Å²) in [6.07, 6.45) is 35.0. The SMILES string of the molecule is CCCCCCC/C=C\CCCCCCCC(=O)OC[C@H](COP(=O)(O)O)OC(=O)CCCCCCCCCCCCCCCC. The highest BCUT2D eigenvalue weighted by Crippen LogP contribution is 2.36. The fourth-order valence-electron chi connectivity index (χ4n) is 5.43. The van der Waals surface area contributed by atoms with Gasteiger partial charge in [0.1, 0.15) is 6.61 Å². The predicted octanol–water partition coefficient (Wildman–Crippen LogP) is 11.1. The molecule has 0 radical (unpaired) electrons. The minimum absolute atomic E-state index is 0.216. The summed E-state index contributed by atoms with van der Waals surface area (Å²) in [5.74, 6) is -0.887. The molecule has 0 aliphatic heterocycles. The second kappa shape index (κ2) is 33.7. The molecule has 0 aromatic heterocycles. The number of ether oxygens (including phenoxy) is 2. The average Bonchev–Trinajstić information content (AvgIpc) is 3.02. The number of allylic oxidation sites excluding steroid dienone is 2. The second-order valence-corrected chi connectivity index (χ2v) is 14.1. The molecule has 0 aliphatic carbocycles. The largest absolute Gasteiger partial charge is 0.469 e. The third-order valence-corrected chi connectivity index (χ3v) is 8.77. The normalized spacial score (nSPS) is 12.5. The molecule has 8 nitrogen and oxygen atoms in total. The number of carbonyl (C=O) groups is 2. The minimum Gasteiger partial charge on any atom is -0.462 e. The van der Waals surface area contributed by atoms with Crippen molar-refractivity contribution in [2.24, 2.45) is 0 Å². The summed E-state index contributed by atoms with van der Waals surface area (Å²) in [6, 6.07) is 0. The first-order chi connectivity index (χ1) is 22.3. The van der Waals surface area contributed by atoms with Crippen molar-refractivity contribution < 1.29 is 37.9 Å². The zero-order valence-corrected chi connectivity index (χ0v) is 30.6. The van der Waals surface area contributed by atoms with Crippen LogP contribution in [0.15, 0.2) is 12.2 Å². The van der Waals surface area contributed by atoms with Gasteiger partial charge in [0.15, 0.2) is 6.10 Å². The summed E-state index contributed by atoms with van der Waals surface area (Å²) in [5, 5.41) is 0. The van der Waals surface area contributed by atoms with Gasteiger partial charge in [-0.2, -0.15) is 0 Å². The summed E-state index contributed by atoms with van der Waals surface area (Å²) in [4.78, 5) is 42.7. The van der Waals surface area contributed by atoms with Crippen molar-refractivity contribution in [1.82, 2.24) is 0 Å². The standard InChI is InChI=1S/C37H71O8P/c1-3-5-7-9-11-13-15-17-19-21-23-25-27-29-31-36(38)43-33-35(34-44-46(40,41)42)45-37(39)32-30-28-26-24-22-20-18-16-14-12-10-8-6-4-2/h15,17,35H,3-14,16,18-34H2,1-2H3,(H2,40,41,42)/b17-15-/t35-/m1/s1. The van der Waals surface area contributed by atoms with Gasteiger partial charge in [-0.05, 0) is 38.5 Å². The summed E-state index contributed by atoms with van der Waals surface area (Å²) in [6.45, 7) is 3.67. The van der Waals surface area contributed by atoms with E-state index in [1.54, 1.807) is 0 Å². The Morgan fingerprint density at radius 1 is 0.543 bits per heavy atom. The lowest BCUT2D eigenvalue weighted by atomic mass is 10.0. The number of rotatable bonds is 35. The van der Waals surface area contributed by atoms with Crippen LogP contribution in [0.4, 0.5) is 0 Å². The Hall–Kier alpha value is -1.21. The molecule has 0 aliphatic rings. The number of esters is 2. The lowest BCUT2D eigenvalue weighted by Gasteiger charge is -2.18. The van der Waals surface area contributed by atoms with Gasteiger partial charge in [-0.1, -0.05) is 154 Å². The van der Waals surface area contributed by atoms with Crippen molar-refractivity contribution in [2.75, 3.05) is 13.2 Å². The Kier molecular flexibility index (Phi) is 32.8. The molecule has 9 heteroatoms. The van der Waals surface area contributed by atoms with E-state index >= 15 is 0 Å². The molecule has 0 saturated carbocycles. The van der Waals surface area contributed by atoms with E-state index in [2.05, 4.69) is 30.5 Å². The minimum atomic E-state index is -4.74. The Morgan fingerprint density at radius 3 is 1.33 bits per heavy atom. The molecule has 0 saturated heterocycles. The summed E-state index contributed by atoms with van der Waals surface area (Å²) < 4.78 is 26.3. The highest BCUT2D eigenvalue weighted by atomic mass is 31.2. The first kappa shape index (κ1) is 44.8. The van der Waals surface area contributed by atoms with E-state index < -0.39 is 32.5 Å². The van der Waals surface area contributed by atoms with Gasteiger partial charge in [-0.25, -0.2) is 4.57 Å². The zero-order chi connectivity index (χ0) is 34.0. The third kappa shape index (κ3) is 35.6. The van der Waals surface area contributed by atoms with Gasteiger partial charge >= 0.3 is 19.8 Å². The molecule has 0 aromatic carbocycles. The fraction of sp³-hybridized carbons (Fsp3) is 0.892. The molecular weight excluding hydrogens is 603 g/mol. The molecule has 0 fully saturated rings. The highest BCUT2D eigenvalue weighted by molar-refractivity contribution is 7.46. The van der Waals surface area contributed by atoms with Crippen LogP contribution in [0.1, 0.15) is 194 Å². The second-order valence-electron chi connectivity index (χ2n) is 12.9. The molecular formula is C37H71O8P. The molecule has 0 amide bonds. The molecule has 0 heterocycles. The van der Waals surface area contributed by atoms with Crippen molar-refractivity contribution in [2.45, 2.75) is 200 Å². The molecule has 0 rings (SSSR count). The molecule has 1 atom stereocenters. The monoisotopic (exact) mass is 674 g/mol. The van der Waals surface area contributed by atoms with Crippen LogP contribution in [0, 0.1) is 0 Å². The van der Waals surface area contributed by atoms with Crippen LogP contribution in [0.5, 0.6) is 0 Å². The van der Waals surface area contributed by atoms with Crippen molar-refractivity contribution in [3.63, 3.8) is 0 Å². The van der Waals surface area contributed by atoms with Gasteiger partial charge in [-0.15, -0.1) is 0 Å². The number of unbranched alkanes of at least 4 members (excludes halogenated alkanes) is 23. The van der Waals surface area contributed by atoms with E-state index in [1.807, 2.05) is 0 Å². The van der Waals surface area contributed by atoms with E-state index in [0.29, 0.717) is 6.42 Å². The van der Waals surface area contributed by atoms with Crippen molar-refractivity contribution in [3.05, 3.63) is 12.2 Å². The lowest BCUT2D eigenvalue weighted by molar-refractivity contribution is -0.161. The Bertz CT molecular complexity index is 766. The van der Waals surface area contributed by atoms with Crippen LogP contribution in [-0.2, 0) is 28.2 Å². The maximum atomic E-state index is 12.3.